The standard InChI is InChI=1S/C14H21NOS/c1-17-14-6-4-13(5-7-14)3-2-8-15-9-11-16-12-10-15/h4-7H,2-3,8-12H2,1H3. The normalized spacial score (nSPS) is 17.2. The van der Waals surface area contributed by atoms with Gasteiger partial charge in [0.1, 0.15) is 0 Å². The molecule has 1 saturated heterocycles. The molecule has 1 aromatic carbocycles. The summed E-state index contributed by atoms with van der Waals surface area (Å²) in [6.07, 6.45) is 4.55. The predicted molar refractivity (Wildman–Crippen MR) is 73.8 cm³/mol. The van der Waals surface area contributed by atoms with Gasteiger partial charge in [0.05, 0.1) is 13.2 Å². The van der Waals surface area contributed by atoms with E-state index < -0.39 is 0 Å². The zero-order valence-electron chi connectivity index (χ0n) is 10.5. The first-order chi connectivity index (χ1) is 8.38. The maximum atomic E-state index is 5.35. The van der Waals surface area contributed by atoms with E-state index in [9.17, 15) is 0 Å². The van der Waals surface area contributed by atoms with Gasteiger partial charge in [-0.15, -0.1) is 11.8 Å². The van der Waals surface area contributed by atoms with E-state index in [1.807, 2.05) is 0 Å². The molecule has 17 heavy (non-hydrogen) atoms. The Morgan fingerprint density at radius 2 is 1.88 bits per heavy atom. The van der Waals surface area contributed by atoms with Crippen LogP contribution in [0.3, 0.4) is 0 Å². The molecule has 2 nitrogen and oxygen atoms in total. The van der Waals surface area contributed by atoms with Gasteiger partial charge in [0.25, 0.3) is 0 Å². The largest absolute Gasteiger partial charge is 0.379 e. The number of aryl methyl sites for hydroxylation is 1. The molecular weight excluding hydrogens is 230 g/mol. The number of benzene rings is 1. The van der Waals surface area contributed by atoms with E-state index in [-0.39, 0.29) is 0 Å². The molecule has 94 valence electrons. The topological polar surface area (TPSA) is 12.5 Å². The molecule has 2 rings (SSSR count). The van der Waals surface area contributed by atoms with E-state index in [1.54, 1.807) is 11.8 Å². The number of ether oxygens (including phenoxy) is 1. The fourth-order valence-corrected chi connectivity index (χ4v) is 2.53. The van der Waals surface area contributed by atoms with Crippen LogP contribution >= 0.6 is 11.8 Å². The van der Waals surface area contributed by atoms with Gasteiger partial charge >= 0.3 is 0 Å². The molecule has 0 saturated carbocycles. The molecule has 0 aromatic heterocycles. The highest BCUT2D eigenvalue weighted by atomic mass is 32.2. The third-order valence-corrected chi connectivity index (χ3v) is 3.95. The first-order valence-corrected chi connectivity index (χ1v) is 7.54. The lowest BCUT2D eigenvalue weighted by Gasteiger charge is -2.26. The van der Waals surface area contributed by atoms with Gasteiger partial charge in [0.2, 0.25) is 0 Å². The van der Waals surface area contributed by atoms with Crippen molar-refractivity contribution in [2.45, 2.75) is 17.7 Å². The highest BCUT2D eigenvalue weighted by Crippen LogP contribution is 2.15. The van der Waals surface area contributed by atoms with Crippen LogP contribution in [0.5, 0.6) is 0 Å². The number of rotatable bonds is 5. The Morgan fingerprint density at radius 3 is 2.53 bits per heavy atom. The second-order valence-electron chi connectivity index (χ2n) is 4.41. The molecule has 0 atom stereocenters. The van der Waals surface area contributed by atoms with Crippen LogP contribution in [0.2, 0.25) is 0 Å². The summed E-state index contributed by atoms with van der Waals surface area (Å²) >= 11 is 1.80. The van der Waals surface area contributed by atoms with Crippen LogP contribution in [0.1, 0.15) is 12.0 Å². The monoisotopic (exact) mass is 251 g/mol. The fourth-order valence-electron chi connectivity index (χ4n) is 2.12. The molecule has 0 spiro atoms. The Labute approximate surface area is 108 Å². The van der Waals surface area contributed by atoms with Crippen LogP contribution < -0.4 is 0 Å². The van der Waals surface area contributed by atoms with E-state index in [2.05, 4.69) is 35.4 Å². The summed E-state index contributed by atoms with van der Waals surface area (Å²) < 4.78 is 5.35. The van der Waals surface area contributed by atoms with E-state index in [4.69, 9.17) is 4.74 Å². The van der Waals surface area contributed by atoms with Gasteiger partial charge in [-0.2, -0.15) is 0 Å². The van der Waals surface area contributed by atoms with Crippen molar-refractivity contribution in [2.75, 3.05) is 39.1 Å². The summed E-state index contributed by atoms with van der Waals surface area (Å²) in [5, 5.41) is 0. The van der Waals surface area contributed by atoms with Crippen LogP contribution in [-0.4, -0.2) is 44.0 Å². The Bertz CT molecular complexity index is 319. The third kappa shape index (κ3) is 4.34. The van der Waals surface area contributed by atoms with Gasteiger partial charge in [0.15, 0.2) is 0 Å². The first-order valence-electron chi connectivity index (χ1n) is 6.31. The molecule has 0 aliphatic carbocycles. The van der Waals surface area contributed by atoms with Crippen molar-refractivity contribution in [3.05, 3.63) is 29.8 Å². The maximum Gasteiger partial charge on any atom is 0.0594 e. The van der Waals surface area contributed by atoms with E-state index >= 15 is 0 Å². The summed E-state index contributed by atoms with van der Waals surface area (Å²) in [6.45, 7) is 5.22. The third-order valence-electron chi connectivity index (χ3n) is 3.20. The molecule has 0 amide bonds. The van der Waals surface area contributed by atoms with Crippen molar-refractivity contribution in [2.24, 2.45) is 0 Å². The molecule has 0 radical (unpaired) electrons. The Hall–Kier alpha value is -0.510. The minimum atomic E-state index is 0.905. The summed E-state index contributed by atoms with van der Waals surface area (Å²) in [6, 6.07) is 8.94. The molecule has 0 unspecified atom stereocenters. The summed E-state index contributed by atoms with van der Waals surface area (Å²) in [7, 11) is 0. The van der Waals surface area contributed by atoms with Crippen molar-refractivity contribution >= 4 is 11.8 Å². The number of hydrogen-bond acceptors (Lipinski definition) is 3. The van der Waals surface area contributed by atoms with Crippen LogP contribution in [0.4, 0.5) is 0 Å². The van der Waals surface area contributed by atoms with Crippen molar-refractivity contribution in [3.63, 3.8) is 0 Å². The van der Waals surface area contributed by atoms with E-state index in [0.29, 0.717) is 0 Å². The summed E-state index contributed by atoms with van der Waals surface area (Å²) in [4.78, 5) is 3.85. The number of morpholine rings is 1. The summed E-state index contributed by atoms with van der Waals surface area (Å²) in [5.41, 5.74) is 1.45. The molecular formula is C14H21NOS. The Kier molecular flexibility index (Phi) is 5.36. The highest BCUT2D eigenvalue weighted by Gasteiger charge is 2.09. The predicted octanol–water partition coefficient (Wildman–Crippen LogP) is 2.67. The maximum absolute atomic E-state index is 5.35. The van der Waals surface area contributed by atoms with Crippen LogP contribution in [-0.2, 0) is 11.2 Å². The van der Waals surface area contributed by atoms with Crippen molar-refractivity contribution in [3.8, 4) is 0 Å². The lowest BCUT2D eigenvalue weighted by atomic mass is 10.1. The van der Waals surface area contributed by atoms with Gasteiger partial charge in [-0.1, -0.05) is 12.1 Å². The SMILES string of the molecule is CSc1ccc(CCCN2CCOCC2)cc1. The van der Waals surface area contributed by atoms with Crippen LogP contribution in [0.25, 0.3) is 0 Å². The lowest BCUT2D eigenvalue weighted by Crippen LogP contribution is -2.36. The molecule has 1 aromatic rings. The minimum absolute atomic E-state index is 0.905. The molecule has 3 heteroatoms. The first kappa shape index (κ1) is 12.9. The van der Waals surface area contributed by atoms with Crippen molar-refractivity contribution < 1.29 is 4.74 Å². The second kappa shape index (κ2) is 7.04. The van der Waals surface area contributed by atoms with Crippen LogP contribution in [0.15, 0.2) is 29.2 Å². The van der Waals surface area contributed by atoms with Gasteiger partial charge in [-0.05, 0) is 43.3 Å². The average molecular weight is 251 g/mol. The fraction of sp³-hybridized carbons (Fsp3) is 0.571. The zero-order chi connectivity index (χ0) is 11.9. The molecule has 1 aliphatic rings. The molecule has 1 fully saturated rings. The smallest absolute Gasteiger partial charge is 0.0594 e. The molecule has 0 N–H and O–H groups in total. The molecule has 1 aliphatic heterocycles. The highest BCUT2D eigenvalue weighted by molar-refractivity contribution is 7.98. The van der Waals surface area contributed by atoms with Gasteiger partial charge in [0, 0.05) is 18.0 Å². The van der Waals surface area contributed by atoms with E-state index in [1.165, 1.54) is 29.8 Å². The lowest BCUT2D eigenvalue weighted by molar-refractivity contribution is 0.0375. The Morgan fingerprint density at radius 1 is 1.18 bits per heavy atom. The van der Waals surface area contributed by atoms with Gasteiger partial charge < -0.3 is 4.74 Å². The number of thioether (sulfide) groups is 1. The summed E-state index contributed by atoms with van der Waals surface area (Å²) in [5.74, 6) is 0. The molecule has 0 bridgehead atoms. The minimum Gasteiger partial charge on any atom is -0.379 e. The zero-order valence-corrected chi connectivity index (χ0v) is 11.3. The number of nitrogens with zero attached hydrogens (tertiary/aromatic N) is 1. The van der Waals surface area contributed by atoms with Gasteiger partial charge in [-0.25, -0.2) is 0 Å². The molecule has 1 heterocycles. The van der Waals surface area contributed by atoms with Crippen molar-refractivity contribution in [1.82, 2.24) is 4.90 Å². The quantitative estimate of drug-likeness (QED) is 0.747. The van der Waals surface area contributed by atoms with Crippen LogP contribution in [0, 0.1) is 0 Å². The van der Waals surface area contributed by atoms with Crippen molar-refractivity contribution in [1.29, 1.82) is 0 Å². The average Bonchev–Trinajstić information content (AvgIpc) is 2.41. The Balaban J connectivity index is 1.69. The number of hydrogen-bond donors (Lipinski definition) is 0. The van der Waals surface area contributed by atoms with E-state index in [0.717, 1.165) is 26.3 Å². The van der Waals surface area contributed by atoms with Gasteiger partial charge in [-0.3, -0.25) is 4.90 Å². The second-order valence-corrected chi connectivity index (χ2v) is 5.29.